The summed E-state index contributed by atoms with van der Waals surface area (Å²) in [7, 11) is 0. The number of carbonyl (C=O) groups excluding carboxylic acids is 1. The normalized spacial score (nSPS) is 13.7. The van der Waals surface area contributed by atoms with Crippen LogP contribution in [-0.2, 0) is 4.74 Å². The number of amides is 1. The van der Waals surface area contributed by atoms with E-state index in [0.717, 1.165) is 10.9 Å². The Labute approximate surface area is 201 Å². The molecule has 4 aromatic rings. The van der Waals surface area contributed by atoms with Crippen molar-refractivity contribution in [2.45, 2.75) is 0 Å². The fourth-order valence-corrected chi connectivity index (χ4v) is 3.78. The Bertz CT molecular complexity index is 1480. The topological polar surface area (TPSA) is 137 Å². The minimum atomic E-state index is -0.0159. The van der Waals surface area contributed by atoms with E-state index in [-0.39, 0.29) is 5.91 Å². The molecule has 0 spiro atoms. The summed E-state index contributed by atoms with van der Waals surface area (Å²) in [6.07, 6.45) is 6.81. The fourth-order valence-electron chi connectivity index (χ4n) is 3.78. The monoisotopic (exact) mass is 465 g/mol. The molecule has 1 aromatic carbocycles. The van der Waals surface area contributed by atoms with Crippen molar-refractivity contribution in [2.24, 2.45) is 0 Å². The highest BCUT2D eigenvalue weighted by molar-refractivity contribution is 6.09. The number of ether oxygens (including phenoxy) is 1. The molecule has 0 radical (unpaired) electrons. The molecule has 1 aliphatic rings. The second-order valence-electron chi connectivity index (χ2n) is 8.00. The lowest BCUT2D eigenvalue weighted by molar-refractivity contribution is 0.0303. The number of hydrogen-bond donors (Lipinski definition) is 4. The Kier molecular flexibility index (Phi) is 6.11. The van der Waals surface area contributed by atoms with Gasteiger partial charge in [0, 0.05) is 35.8 Å². The fraction of sp³-hybridized carbons (Fsp3) is 0.154. The van der Waals surface area contributed by atoms with Crippen LogP contribution >= 0.6 is 0 Å². The Morgan fingerprint density at radius 2 is 1.91 bits per heavy atom. The molecule has 0 bridgehead atoms. The SMILES string of the molecule is N=C(/C=C\c1ncc(C#Cc2cc(N)nc3[nH]ccc23)[nH]1)c1ccc(C(=O)N2CCOCC2)cc1. The maximum atomic E-state index is 12.6. The number of carbonyl (C=O) groups is 1. The van der Waals surface area contributed by atoms with Gasteiger partial charge in [0.05, 0.1) is 25.1 Å². The molecule has 5 rings (SSSR count). The predicted octanol–water partition coefficient (Wildman–Crippen LogP) is 2.82. The zero-order valence-corrected chi connectivity index (χ0v) is 18.8. The molecule has 0 aliphatic carbocycles. The smallest absolute Gasteiger partial charge is 0.254 e. The van der Waals surface area contributed by atoms with Gasteiger partial charge < -0.3 is 30.7 Å². The molecule has 0 saturated carbocycles. The van der Waals surface area contributed by atoms with Crippen molar-refractivity contribution < 1.29 is 9.53 Å². The van der Waals surface area contributed by atoms with Crippen molar-refractivity contribution in [3.8, 4) is 11.8 Å². The van der Waals surface area contributed by atoms with Crippen LogP contribution in [0.25, 0.3) is 17.1 Å². The molecule has 3 aromatic heterocycles. The standard InChI is InChI=1S/C26H23N7O2/c27-22(17-1-3-18(4-2-17)26(34)33-11-13-35-14-12-33)7-8-24-30-16-20(31-24)6-5-19-15-23(28)32-25-21(19)9-10-29-25/h1-4,7-10,15-16,27H,11-14H2,(H,30,31)(H3,28,29,32)/b8-7-,27-22?. The van der Waals surface area contributed by atoms with Crippen LogP contribution in [0.15, 0.2) is 54.9 Å². The number of aromatic amines is 2. The van der Waals surface area contributed by atoms with Crippen LogP contribution in [-0.4, -0.2) is 62.8 Å². The lowest BCUT2D eigenvalue weighted by Gasteiger charge is -2.26. The first-order valence-electron chi connectivity index (χ1n) is 11.1. The van der Waals surface area contributed by atoms with E-state index in [0.29, 0.717) is 66.1 Å². The zero-order chi connectivity index (χ0) is 24.2. The van der Waals surface area contributed by atoms with Crippen molar-refractivity contribution >= 4 is 34.5 Å². The molecule has 174 valence electrons. The highest BCUT2D eigenvalue weighted by Crippen LogP contribution is 2.17. The van der Waals surface area contributed by atoms with Crippen LogP contribution in [0.4, 0.5) is 5.82 Å². The van der Waals surface area contributed by atoms with Crippen molar-refractivity contribution in [1.82, 2.24) is 24.8 Å². The van der Waals surface area contributed by atoms with E-state index in [4.69, 9.17) is 15.9 Å². The molecule has 0 unspecified atom stereocenters. The molecule has 1 aliphatic heterocycles. The van der Waals surface area contributed by atoms with Gasteiger partial charge in [-0.15, -0.1) is 0 Å². The first kappa shape index (κ1) is 22.1. The van der Waals surface area contributed by atoms with E-state index in [1.54, 1.807) is 59.8 Å². The van der Waals surface area contributed by atoms with Gasteiger partial charge >= 0.3 is 0 Å². The summed E-state index contributed by atoms with van der Waals surface area (Å²) >= 11 is 0. The number of imidazole rings is 1. The highest BCUT2D eigenvalue weighted by Gasteiger charge is 2.18. The maximum absolute atomic E-state index is 12.6. The first-order valence-corrected chi connectivity index (χ1v) is 11.1. The van der Waals surface area contributed by atoms with Crippen molar-refractivity contribution in [3.05, 3.63) is 83.1 Å². The second kappa shape index (κ2) is 9.67. The summed E-state index contributed by atoms with van der Waals surface area (Å²) < 4.78 is 5.30. The number of benzene rings is 1. The molecule has 1 fully saturated rings. The Balaban J connectivity index is 1.24. The molecule has 1 saturated heterocycles. The number of anilines is 1. The number of aromatic nitrogens is 4. The van der Waals surface area contributed by atoms with E-state index in [1.807, 2.05) is 6.07 Å². The number of rotatable bonds is 4. The van der Waals surface area contributed by atoms with Crippen LogP contribution < -0.4 is 5.73 Å². The molecular formula is C26H23N7O2. The average molecular weight is 466 g/mol. The number of nitrogens with zero attached hydrogens (tertiary/aromatic N) is 3. The lowest BCUT2D eigenvalue weighted by Crippen LogP contribution is -2.40. The average Bonchev–Trinajstić information content (AvgIpc) is 3.55. The predicted molar refractivity (Wildman–Crippen MR) is 134 cm³/mol. The molecule has 35 heavy (non-hydrogen) atoms. The van der Waals surface area contributed by atoms with E-state index >= 15 is 0 Å². The molecule has 4 heterocycles. The van der Waals surface area contributed by atoms with Gasteiger partial charge in [-0.25, -0.2) is 9.97 Å². The molecule has 9 heteroatoms. The third kappa shape index (κ3) is 4.98. The summed E-state index contributed by atoms with van der Waals surface area (Å²) in [6.45, 7) is 2.33. The van der Waals surface area contributed by atoms with Crippen molar-refractivity contribution in [3.63, 3.8) is 0 Å². The van der Waals surface area contributed by atoms with Crippen LogP contribution in [0.2, 0.25) is 0 Å². The first-order chi connectivity index (χ1) is 17.1. The molecule has 1 amide bonds. The van der Waals surface area contributed by atoms with Crippen LogP contribution in [0.1, 0.15) is 33.0 Å². The van der Waals surface area contributed by atoms with Crippen molar-refractivity contribution in [2.75, 3.05) is 32.0 Å². The lowest BCUT2D eigenvalue weighted by atomic mass is 10.1. The highest BCUT2D eigenvalue weighted by atomic mass is 16.5. The third-order valence-electron chi connectivity index (χ3n) is 5.62. The number of allylic oxidation sites excluding steroid dienone is 1. The number of hydrogen-bond acceptors (Lipinski definition) is 6. The Hall–Kier alpha value is -4.68. The van der Waals surface area contributed by atoms with Crippen LogP contribution in [0, 0.1) is 17.3 Å². The number of morpholine rings is 1. The molecule has 0 atom stereocenters. The summed E-state index contributed by atoms with van der Waals surface area (Å²) in [5.74, 6) is 7.13. The summed E-state index contributed by atoms with van der Waals surface area (Å²) in [4.78, 5) is 29.1. The van der Waals surface area contributed by atoms with Gasteiger partial charge in [-0.2, -0.15) is 0 Å². The van der Waals surface area contributed by atoms with Gasteiger partial charge in [-0.1, -0.05) is 18.1 Å². The summed E-state index contributed by atoms with van der Waals surface area (Å²) in [5.41, 5.74) is 9.59. The Morgan fingerprint density at radius 1 is 1.14 bits per heavy atom. The van der Waals surface area contributed by atoms with Gasteiger partial charge in [-0.05, 0) is 47.9 Å². The minimum absolute atomic E-state index is 0.0159. The summed E-state index contributed by atoms with van der Waals surface area (Å²) in [5, 5.41) is 9.25. The number of fused-ring (bicyclic) bond motifs is 1. The van der Waals surface area contributed by atoms with Gasteiger partial charge in [0.15, 0.2) is 0 Å². The van der Waals surface area contributed by atoms with Gasteiger partial charge in [0.2, 0.25) is 0 Å². The quantitative estimate of drug-likeness (QED) is 0.271. The molecular weight excluding hydrogens is 442 g/mol. The van der Waals surface area contributed by atoms with Gasteiger partial charge in [-0.3, -0.25) is 4.79 Å². The van der Waals surface area contributed by atoms with Crippen LogP contribution in [0.3, 0.4) is 0 Å². The van der Waals surface area contributed by atoms with Crippen molar-refractivity contribution in [1.29, 1.82) is 5.41 Å². The third-order valence-corrected chi connectivity index (χ3v) is 5.62. The molecule has 9 nitrogen and oxygen atoms in total. The minimum Gasteiger partial charge on any atom is -0.384 e. The van der Waals surface area contributed by atoms with Crippen LogP contribution in [0.5, 0.6) is 0 Å². The summed E-state index contributed by atoms with van der Waals surface area (Å²) in [6, 6.07) is 10.7. The zero-order valence-electron chi connectivity index (χ0n) is 18.8. The molecule has 5 N–H and O–H groups in total. The number of nitrogens with one attached hydrogen (secondary N) is 3. The Morgan fingerprint density at radius 3 is 2.71 bits per heavy atom. The second-order valence-corrected chi connectivity index (χ2v) is 8.00. The number of H-pyrrole nitrogens is 2. The van der Waals surface area contributed by atoms with Gasteiger partial charge in [0.25, 0.3) is 5.91 Å². The number of nitrogens with two attached hydrogens (primary N) is 1. The van der Waals surface area contributed by atoms with E-state index in [9.17, 15) is 4.79 Å². The van der Waals surface area contributed by atoms with E-state index in [1.165, 1.54) is 0 Å². The van der Waals surface area contributed by atoms with Gasteiger partial charge in [0.1, 0.15) is 23.0 Å². The largest absolute Gasteiger partial charge is 0.384 e. The van der Waals surface area contributed by atoms with E-state index in [2.05, 4.69) is 31.8 Å². The van der Waals surface area contributed by atoms with E-state index < -0.39 is 0 Å². The number of nitrogen functional groups attached to an aromatic ring is 1. The number of pyridine rings is 1. The maximum Gasteiger partial charge on any atom is 0.254 e.